The largest absolute Gasteiger partial charge is 0.368 e. The van der Waals surface area contributed by atoms with Gasteiger partial charge >= 0.3 is 0 Å². The summed E-state index contributed by atoms with van der Waals surface area (Å²) in [6, 6.07) is 7.27. The summed E-state index contributed by atoms with van der Waals surface area (Å²) in [6.07, 6.45) is 4.87. The van der Waals surface area contributed by atoms with E-state index in [-0.39, 0.29) is 0 Å². The molecule has 1 unspecified atom stereocenters. The Kier molecular flexibility index (Phi) is 4.61. The lowest BCUT2D eigenvalue weighted by molar-refractivity contribution is 0.127. The Morgan fingerprint density at radius 3 is 2.94 bits per heavy atom. The summed E-state index contributed by atoms with van der Waals surface area (Å²) in [5.74, 6) is 5.17. The summed E-state index contributed by atoms with van der Waals surface area (Å²) >= 11 is 0. The molecule has 100 valence electrons. The highest BCUT2D eigenvalue weighted by Gasteiger charge is 2.23. The summed E-state index contributed by atoms with van der Waals surface area (Å²) < 4.78 is 0. The fourth-order valence-electron chi connectivity index (χ4n) is 2.85. The normalized spacial score (nSPS) is 20.2. The number of nitrogens with zero attached hydrogens (tertiary/aromatic N) is 1. The van der Waals surface area contributed by atoms with E-state index in [1.54, 1.807) is 0 Å². The Labute approximate surface area is 110 Å². The number of rotatable bonds is 4. The van der Waals surface area contributed by atoms with E-state index in [9.17, 15) is 0 Å². The molecule has 1 fully saturated rings. The van der Waals surface area contributed by atoms with Crippen LogP contribution in [0.2, 0.25) is 0 Å². The second-order valence-corrected chi connectivity index (χ2v) is 5.29. The molecule has 0 spiro atoms. The number of nitrogens with two attached hydrogens (primary N) is 1. The molecule has 1 heterocycles. The van der Waals surface area contributed by atoms with Crippen molar-refractivity contribution in [3.8, 4) is 0 Å². The lowest BCUT2D eigenvalue weighted by atomic mass is 9.97. The molecule has 3 nitrogen and oxygen atoms in total. The smallest absolute Gasteiger partial charge is 0.0698 e. The van der Waals surface area contributed by atoms with E-state index in [4.69, 9.17) is 10.7 Å². The van der Waals surface area contributed by atoms with Crippen molar-refractivity contribution in [2.24, 2.45) is 5.90 Å². The Hall–Kier alpha value is -1.06. The fraction of sp³-hybridized carbons (Fsp3) is 0.600. The van der Waals surface area contributed by atoms with Crippen LogP contribution in [-0.4, -0.2) is 19.2 Å². The van der Waals surface area contributed by atoms with Crippen LogP contribution in [-0.2, 0) is 4.84 Å². The monoisotopic (exact) mass is 248 g/mol. The van der Waals surface area contributed by atoms with Gasteiger partial charge in [0.1, 0.15) is 0 Å². The Morgan fingerprint density at radius 1 is 1.33 bits per heavy atom. The van der Waals surface area contributed by atoms with Crippen molar-refractivity contribution in [1.82, 2.24) is 0 Å². The molecule has 0 bridgehead atoms. The van der Waals surface area contributed by atoms with Gasteiger partial charge in [-0.3, -0.25) is 0 Å². The molecule has 0 aromatic heterocycles. The predicted octanol–water partition coefficient (Wildman–Crippen LogP) is 2.94. The molecule has 1 saturated heterocycles. The average molecular weight is 248 g/mol. The van der Waals surface area contributed by atoms with E-state index in [0.29, 0.717) is 12.6 Å². The molecule has 1 aromatic carbocycles. The first kappa shape index (κ1) is 13.4. The lowest BCUT2D eigenvalue weighted by Crippen LogP contribution is -2.40. The van der Waals surface area contributed by atoms with E-state index >= 15 is 0 Å². The summed E-state index contributed by atoms with van der Waals surface area (Å²) in [5.41, 5.74) is 4.08. The number of aryl methyl sites for hydroxylation is 2. The zero-order chi connectivity index (χ0) is 13.0. The fourth-order valence-corrected chi connectivity index (χ4v) is 2.85. The van der Waals surface area contributed by atoms with Gasteiger partial charge in [-0.1, -0.05) is 12.1 Å². The van der Waals surface area contributed by atoms with Gasteiger partial charge in [0.25, 0.3) is 0 Å². The third-order valence-electron chi connectivity index (χ3n) is 3.87. The van der Waals surface area contributed by atoms with Gasteiger partial charge in [-0.2, -0.15) is 0 Å². The molecule has 1 atom stereocenters. The maximum absolute atomic E-state index is 5.17. The second-order valence-electron chi connectivity index (χ2n) is 5.29. The van der Waals surface area contributed by atoms with Crippen LogP contribution >= 0.6 is 0 Å². The van der Waals surface area contributed by atoms with Crippen molar-refractivity contribution in [1.29, 1.82) is 0 Å². The van der Waals surface area contributed by atoms with Gasteiger partial charge in [0.2, 0.25) is 0 Å². The predicted molar refractivity (Wildman–Crippen MR) is 75.7 cm³/mol. The van der Waals surface area contributed by atoms with Gasteiger partial charge in [-0.05, 0) is 56.7 Å². The second kappa shape index (κ2) is 6.21. The van der Waals surface area contributed by atoms with Gasteiger partial charge < -0.3 is 9.74 Å². The highest BCUT2D eigenvalue weighted by molar-refractivity contribution is 5.56. The zero-order valence-corrected chi connectivity index (χ0v) is 11.5. The maximum atomic E-state index is 5.17. The van der Waals surface area contributed by atoms with Crippen LogP contribution in [0.1, 0.15) is 36.8 Å². The van der Waals surface area contributed by atoms with Crippen LogP contribution in [0.5, 0.6) is 0 Å². The summed E-state index contributed by atoms with van der Waals surface area (Å²) in [5, 5.41) is 0. The van der Waals surface area contributed by atoms with Crippen LogP contribution in [0.3, 0.4) is 0 Å². The van der Waals surface area contributed by atoms with Crippen LogP contribution < -0.4 is 10.8 Å². The third kappa shape index (κ3) is 3.03. The molecule has 0 radical (unpaired) electrons. The van der Waals surface area contributed by atoms with Gasteiger partial charge in [-0.15, -0.1) is 0 Å². The minimum atomic E-state index is 0.572. The molecule has 2 rings (SSSR count). The van der Waals surface area contributed by atoms with Gasteiger partial charge in [0, 0.05) is 18.3 Å². The topological polar surface area (TPSA) is 38.5 Å². The molecule has 1 aliphatic rings. The van der Waals surface area contributed by atoms with E-state index in [2.05, 4.69) is 36.9 Å². The molecular weight excluding hydrogens is 224 g/mol. The van der Waals surface area contributed by atoms with Crippen molar-refractivity contribution in [2.45, 2.75) is 45.6 Å². The van der Waals surface area contributed by atoms with Crippen LogP contribution in [0.15, 0.2) is 18.2 Å². The van der Waals surface area contributed by atoms with Crippen molar-refractivity contribution in [3.05, 3.63) is 29.3 Å². The van der Waals surface area contributed by atoms with Crippen molar-refractivity contribution >= 4 is 5.69 Å². The standard InChI is InChI=1S/C15H24N2O/c1-12-6-7-13(2)15(11-12)17-9-4-3-5-14(17)8-10-18-16/h6-7,11,14H,3-5,8-10,16H2,1-2H3. The van der Waals surface area contributed by atoms with E-state index in [0.717, 1.165) is 13.0 Å². The molecule has 3 heteroatoms. The number of piperidine rings is 1. The molecule has 0 amide bonds. The Balaban J connectivity index is 2.19. The molecule has 1 aromatic rings. The van der Waals surface area contributed by atoms with Crippen molar-refractivity contribution < 1.29 is 4.84 Å². The molecular formula is C15H24N2O. The van der Waals surface area contributed by atoms with E-state index < -0.39 is 0 Å². The number of benzene rings is 1. The Morgan fingerprint density at radius 2 is 2.17 bits per heavy atom. The first-order valence-corrected chi connectivity index (χ1v) is 6.88. The van der Waals surface area contributed by atoms with Crippen LogP contribution in [0, 0.1) is 13.8 Å². The Bertz CT molecular complexity index is 392. The van der Waals surface area contributed by atoms with E-state index in [1.807, 2.05) is 0 Å². The van der Waals surface area contributed by atoms with Gasteiger partial charge in [0.05, 0.1) is 6.61 Å². The number of anilines is 1. The number of hydrogen-bond acceptors (Lipinski definition) is 3. The summed E-state index contributed by atoms with van der Waals surface area (Å²) in [6.45, 7) is 6.15. The van der Waals surface area contributed by atoms with Gasteiger partial charge in [-0.25, -0.2) is 5.90 Å². The van der Waals surface area contributed by atoms with Crippen LogP contribution in [0.25, 0.3) is 0 Å². The van der Waals surface area contributed by atoms with Gasteiger partial charge in [0.15, 0.2) is 0 Å². The molecule has 2 N–H and O–H groups in total. The average Bonchev–Trinajstić information content (AvgIpc) is 2.39. The third-order valence-corrected chi connectivity index (χ3v) is 3.87. The molecule has 18 heavy (non-hydrogen) atoms. The highest BCUT2D eigenvalue weighted by atomic mass is 16.6. The lowest BCUT2D eigenvalue weighted by Gasteiger charge is -2.38. The quantitative estimate of drug-likeness (QED) is 0.833. The maximum Gasteiger partial charge on any atom is 0.0698 e. The van der Waals surface area contributed by atoms with Crippen molar-refractivity contribution in [3.63, 3.8) is 0 Å². The molecule has 0 aliphatic carbocycles. The summed E-state index contributed by atoms with van der Waals surface area (Å²) in [4.78, 5) is 7.30. The first-order valence-electron chi connectivity index (χ1n) is 6.88. The highest BCUT2D eigenvalue weighted by Crippen LogP contribution is 2.29. The van der Waals surface area contributed by atoms with Crippen molar-refractivity contribution in [2.75, 3.05) is 18.1 Å². The zero-order valence-electron chi connectivity index (χ0n) is 11.5. The number of hydrogen-bond donors (Lipinski definition) is 1. The van der Waals surface area contributed by atoms with E-state index in [1.165, 1.54) is 36.1 Å². The summed E-state index contributed by atoms with van der Waals surface area (Å²) in [7, 11) is 0. The minimum absolute atomic E-state index is 0.572. The molecule has 0 saturated carbocycles. The first-order chi connectivity index (χ1) is 8.72. The SMILES string of the molecule is Cc1ccc(C)c(N2CCCCC2CCON)c1. The van der Waals surface area contributed by atoms with Crippen LogP contribution in [0.4, 0.5) is 5.69 Å². The minimum Gasteiger partial charge on any atom is -0.368 e. The molecule has 1 aliphatic heterocycles.